The van der Waals surface area contributed by atoms with Crippen molar-refractivity contribution in [3.63, 3.8) is 0 Å². The van der Waals surface area contributed by atoms with Crippen LogP contribution in [0.2, 0.25) is 0 Å². The number of ether oxygens (including phenoxy) is 1. The van der Waals surface area contributed by atoms with E-state index in [1.807, 2.05) is 18.3 Å². The topological polar surface area (TPSA) is 22.1 Å². The van der Waals surface area contributed by atoms with Gasteiger partial charge in [-0.3, -0.25) is 4.98 Å². The maximum atomic E-state index is 6.04. The van der Waals surface area contributed by atoms with Gasteiger partial charge in [0.2, 0.25) is 0 Å². The van der Waals surface area contributed by atoms with E-state index in [4.69, 9.17) is 4.74 Å². The molecule has 1 fully saturated rings. The summed E-state index contributed by atoms with van der Waals surface area (Å²) in [7, 11) is 0. The van der Waals surface area contributed by atoms with Crippen molar-refractivity contribution in [1.82, 2.24) is 4.98 Å². The molecule has 1 aliphatic rings. The van der Waals surface area contributed by atoms with Crippen LogP contribution < -0.4 is 0 Å². The minimum atomic E-state index is 0.374. The van der Waals surface area contributed by atoms with Crippen LogP contribution in [-0.4, -0.2) is 11.1 Å². The van der Waals surface area contributed by atoms with Gasteiger partial charge in [-0.15, -0.1) is 0 Å². The second kappa shape index (κ2) is 7.19. The Balaban J connectivity index is 1.49. The molecule has 0 aliphatic heterocycles. The Morgan fingerprint density at radius 1 is 1.00 bits per heavy atom. The van der Waals surface area contributed by atoms with Gasteiger partial charge in [-0.25, -0.2) is 0 Å². The Kier molecular flexibility index (Phi) is 5.04. The van der Waals surface area contributed by atoms with Gasteiger partial charge >= 0.3 is 0 Å². The molecule has 0 bridgehead atoms. The molecule has 1 heterocycles. The highest BCUT2D eigenvalue weighted by Crippen LogP contribution is 2.34. The Morgan fingerprint density at radius 2 is 1.76 bits per heavy atom. The third-order valence-electron chi connectivity index (χ3n) is 4.24. The molecule has 1 aromatic carbocycles. The molecule has 0 atom stereocenters. The van der Waals surface area contributed by atoms with Crippen molar-refractivity contribution in [3.8, 4) is 0 Å². The fourth-order valence-electron chi connectivity index (χ4n) is 3.01. The molecule has 110 valence electrons. The molecule has 0 spiro atoms. The number of aromatic nitrogens is 1. The number of hydrogen-bond donors (Lipinski definition) is 0. The Morgan fingerprint density at radius 3 is 2.48 bits per heavy atom. The molecular formula is C18H20BrNO. The third kappa shape index (κ3) is 3.92. The number of benzene rings is 1. The van der Waals surface area contributed by atoms with Crippen LogP contribution in [0.1, 0.15) is 42.9 Å². The number of halogens is 1. The summed E-state index contributed by atoms with van der Waals surface area (Å²) in [5.41, 5.74) is 2.46. The van der Waals surface area contributed by atoms with Crippen molar-refractivity contribution in [2.75, 3.05) is 0 Å². The predicted octanol–water partition coefficient (Wildman–Crippen LogP) is 5.09. The molecule has 0 N–H and O–H groups in total. The van der Waals surface area contributed by atoms with Crippen molar-refractivity contribution < 1.29 is 4.74 Å². The van der Waals surface area contributed by atoms with Gasteiger partial charge in [0.25, 0.3) is 0 Å². The van der Waals surface area contributed by atoms with Crippen LogP contribution in [0.5, 0.6) is 0 Å². The summed E-state index contributed by atoms with van der Waals surface area (Å²) in [6, 6.07) is 14.8. The minimum Gasteiger partial charge on any atom is -0.372 e. The molecule has 21 heavy (non-hydrogen) atoms. The first-order valence-electron chi connectivity index (χ1n) is 7.59. The highest BCUT2D eigenvalue weighted by Gasteiger charge is 2.22. The average molecular weight is 346 g/mol. The molecule has 1 saturated carbocycles. The Hall–Kier alpha value is -1.19. The molecule has 1 aromatic heterocycles. The lowest BCUT2D eigenvalue weighted by Gasteiger charge is -2.28. The zero-order valence-corrected chi connectivity index (χ0v) is 13.6. The summed E-state index contributed by atoms with van der Waals surface area (Å²) in [6.07, 6.45) is 6.92. The maximum absolute atomic E-state index is 6.04. The van der Waals surface area contributed by atoms with Gasteiger partial charge < -0.3 is 4.74 Å². The van der Waals surface area contributed by atoms with E-state index in [9.17, 15) is 0 Å². The first-order valence-corrected chi connectivity index (χ1v) is 8.38. The van der Waals surface area contributed by atoms with Crippen LogP contribution >= 0.6 is 15.9 Å². The van der Waals surface area contributed by atoms with Crippen LogP contribution in [0.15, 0.2) is 53.1 Å². The molecular weight excluding hydrogens is 326 g/mol. The quantitative estimate of drug-likeness (QED) is 0.770. The van der Waals surface area contributed by atoms with Crippen LogP contribution in [-0.2, 0) is 11.3 Å². The van der Waals surface area contributed by atoms with Crippen molar-refractivity contribution in [2.24, 2.45) is 0 Å². The number of hydrogen-bond acceptors (Lipinski definition) is 2. The summed E-state index contributed by atoms with van der Waals surface area (Å²) in [4.78, 5) is 4.35. The zero-order valence-electron chi connectivity index (χ0n) is 12.0. The number of rotatable bonds is 4. The van der Waals surface area contributed by atoms with E-state index in [1.54, 1.807) is 0 Å². The Bertz CT molecular complexity index is 564. The smallest absolute Gasteiger partial charge is 0.0903 e. The molecule has 0 amide bonds. The summed E-state index contributed by atoms with van der Waals surface area (Å²) < 4.78 is 7.07. The average Bonchev–Trinajstić information content (AvgIpc) is 2.55. The van der Waals surface area contributed by atoms with E-state index in [1.165, 1.54) is 18.4 Å². The van der Waals surface area contributed by atoms with Crippen LogP contribution in [0, 0.1) is 0 Å². The lowest BCUT2D eigenvalue weighted by molar-refractivity contribution is 0.0115. The first kappa shape index (κ1) is 14.7. The predicted molar refractivity (Wildman–Crippen MR) is 88.2 cm³/mol. The number of nitrogens with zero attached hydrogens (tertiary/aromatic N) is 1. The summed E-state index contributed by atoms with van der Waals surface area (Å²) in [5, 5.41) is 0. The molecule has 2 aromatic rings. The summed E-state index contributed by atoms with van der Waals surface area (Å²) >= 11 is 3.52. The molecule has 0 radical (unpaired) electrons. The zero-order chi connectivity index (χ0) is 14.5. The summed E-state index contributed by atoms with van der Waals surface area (Å²) in [5.74, 6) is 0.702. The van der Waals surface area contributed by atoms with Gasteiger partial charge in [-0.1, -0.05) is 30.3 Å². The van der Waals surface area contributed by atoms with E-state index in [0.29, 0.717) is 18.6 Å². The monoisotopic (exact) mass is 345 g/mol. The normalized spacial score (nSPS) is 22.1. The van der Waals surface area contributed by atoms with E-state index in [2.05, 4.69) is 51.2 Å². The molecule has 1 aliphatic carbocycles. The fraction of sp³-hybridized carbons (Fsp3) is 0.389. The first-order chi connectivity index (χ1) is 10.3. The van der Waals surface area contributed by atoms with Gasteiger partial charge in [0, 0.05) is 10.7 Å². The van der Waals surface area contributed by atoms with Crippen LogP contribution in [0.25, 0.3) is 0 Å². The van der Waals surface area contributed by atoms with Crippen molar-refractivity contribution in [2.45, 2.75) is 44.3 Å². The summed E-state index contributed by atoms with van der Waals surface area (Å²) in [6.45, 7) is 0.599. The van der Waals surface area contributed by atoms with Crippen LogP contribution in [0.4, 0.5) is 0 Å². The molecule has 3 heteroatoms. The SMILES string of the molecule is Brc1cccnc1CO[C@H]1CC[C@@H](c2ccccc2)CC1. The number of pyridine rings is 1. The molecule has 0 saturated heterocycles. The van der Waals surface area contributed by atoms with E-state index >= 15 is 0 Å². The van der Waals surface area contributed by atoms with Gasteiger partial charge in [0.1, 0.15) is 0 Å². The van der Waals surface area contributed by atoms with Gasteiger partial charge in [0.05, 0.1) is 18.4 Å². The lowest BCUT2D eigenvalue weighted by Crippen LogP contribution is -2.21. The fourth-order valence-corrected chi connectivity index (χ4v) is 3.38. The van der Waals surface area contributed by atoms with E-state index in [-0.39, 0.29) is 0 Å². The largest absolute Gasteiger partial charge is 0.372 e. The standard InChI is InChI=1S/C18H20BrNO/c19-17-7-4-12-20-18(17)13-21-16-10-8-15(9-11-16)14-5-2-1-3-6-14/h1-7,12,15-16H,8-11,13H2/t15-,16+. The van der Waals surface area contributed by atoms with Crippen molar-refractivity contribution in [3.05, 3.63) is 64.4 Å². The lowest BCUT2D eigenvalue weighted by atomic mass is 9.83. The second-order valence-electron chi connectivity index (χ2n) is 5.63. The van der Waals surface area contributed by atoms with E-state index in [0.717, 1.165) is 23.0 Å². The van der Waals surface area contributed by atoms with Crippen molar-refractivity contribution >= 4 is 15.9 Å². The minimum absolute atomic E-state index is 0.374. The molecule has 3 rings (SSSR count). The van der Waals surface area contributed by atoms with Gasteiger partial charge in [-0.05, 0) is 65.2 Å². The van der Waals surface area contributed by atoms with Crippen LogP contribution in [0.3, 0.4) is 0 Å². The third-order valence-corrected chi connectivity index (χ3v) is 4.96. The van der Waals surface area contributed by atoms with Gasteiger partial charge in [-0.2, -0.15) is 0 Å². The molecule has 2 nitrogen and oxygen atoms in total. The highest BCUT2D eigenvalue weighted by molar-refractivity contribution is 9.10. The van der Waals surface area contributed by atoms with Crippen molar-refractivity contribution in [1.29, 1.82) is 0 Å². The second-order valence-corrected chi connectivity index (χ2v) is 6.48. The molecule has 0 unspecified atom stereocenters. The Labute approximate surface area is 134 Å². The maximum Gasteiger partial charge on any atom is 0.0903 e. The van der Waals surface area contributed by atoms with E-state index < -0.39 is 0 Å². The van der Waals surface area contributed by atoms with Gasteiger partial charge in [0.15, 0.2) is 0 Å². The highest BCUT2D eigenvalue weighted by atomic mass is 79.9.